The number of carboxylic acids is 1. The zero-order chi connectivity index (χ0) is 14.5. The first-order valence-electron chi connectivity index (χ1n) is 6.42. The maximum absolute atomic E-state index is 11.1. The fourth-order valence-electron chi connectivity index (χ4n) is 1.92. The number of benzene rings is 2. The number of aromatic hydroxyl groups is 1. The van der Waals surface area contributed by atoms with Crippen molar-refractivity contribution in [2.24, 2.45) is 0 Å². The fraction of sp³-hybridized carbons (Fsp3) is 0.188. The van der Waals surface area contributed by atoms with Crippen molar-refractivity contribution in [3.05, 3.63) is 48.0 Å². The maximum atomic E-state index is 11.1. The molecule has 0 saturated carbocycles. The number of carbonyl (C=O) groups is 1. The van der Waals surface area contributed by atoms with Gasteiger partial charge in [0.05, 0.1) is 6.61 Å². The van der Waals surface area contributed by atoms with Gasteiger partial charge in [0, 0.05) is 5.56 Å². The third-order valence-electron chi connectivity index (χ3n) is 2.89. The lowest BCUT2D eigenvalue weighted by molar-refractivity contribution is 0.0694. The summed E-state index contributed by atoms with van der Waals surface area (Å²) in [7, 11) is 0. The topological polar surface area (TPSA) is 66.8 Å². The van der Waals surface area contributed by atoms with E-state index >= 15 is 0 Å². The predicted octanol–water partition coefficient (Wildman–Crippen LogP) is 3.55. The molecular weight excluding hydrogens is 256 g/mol. The molecule has 0 amide bonds. The minimum Gasteiger partial charge on any atom is -0.507 e. The Hall–Kier alpha value is -2.49. The lowest BCUT2D eigenvalue weighted by Crippen LogP contribution is -1.99. The van der Waals surface area contributed by atoms with Crippen LogP contribution in [0.15, 0.2) is 42.5 Å². The summed E-state index contributed by atoms with van der Waals surface area (Å²) in [5.74, 6) is -0.694. The number of para-hydroxylation sites is 1. The second-order valence-corrected chi connectivity index (χ2v) is 4.38. The van der Waals surface area contributed by atoms with Crippen molar-refractivity contribution in [3.63, 3.8) is 0 Å². The standard InChI is InChI=1S/C16H16O4/c1-2-9-20-15-6-4-3-5-12(15)11-7-8-14(17)13(10-11)16(18)19/h3-8,10,17H,2,9H2,1H3,(H,18,19). The molecule has 0 radical (unpaired) electrons. The number of phenols is 1. The van der Waals surface area contributed by atoms with Crippen LogP contribution in [0.1, 0.15) is 23.7 Å². The van der Waals surface area contributed by atoms with Gasteiger partial charge < -0.3 is 14.9 Å². The zero-order valence-electron chi connectivity index (χ0n) is 11.2. The lowest BCUT2D eigenvalue weighted by Gasteiger charge is -2.11. The Labute approximate surface area is 117 Å². The van der Waals surface area contributed by atoms with E-state index in [9.17, 15) is 9.90 Å². The monoisotopic (exact) mass is 272 g/mol. The van der Waals surface area contributed by atoms with Gasteiger partial charge in [-0.25, -0.2) is 4.79 Å². The third kappa shape index (κ3) is 2.91. The van der Waals surface area contributed by atoms with E-state index in [-0.39, 0.29) is 11.3 Å². The van der Waals surface area contributed by atoms with Crippen LogP contribution >= 0.6 is 0 Å². The van der Waals surface area contributed by atoms with E-state index in [1.807, 2.05) is 31.2 Å². The molecule has 0 fully saturated rings. The van der Waals surface area contributed by atoms with Gasteiger partial charge >= 0.3 is 5.97 Å². The highest BCUT2D eigenvalue weighted by Crippen LogP contribution is 2.32. The molecule has 0 aliphatic carbocycles. The summed E-state index contributed by atoms with van der Waals surface area (Å²) in [6, 6.07) is 12.0. The number of hydrogen-bond acceptors (Lipinski definition) is 3. The summed E-state index contributed by atoms with van der Waals surface area (Å²) >= 11 is 0. The van der Waals surface area contributed by atoms with Crippen molar-refractivity contribution in [1.29, 1.82) is 0 Å². The van der Waals surface area contributed by atoms with Gasteiger partial charge in [0.1, 0.15) is 17.1 Å². The average molecular weight is 272 g/mol. The summed E-state index contributed by atoms with van der Waals surface area (Å²) in [4.78, 5) is 11.1. The molecule has 4 nitrogen and oxygen atoms in total. The van der Waals surface area contributed by atoms with Crippen LogP contribution in [0.3, 0.4) is 0 Å². The molecule has 0 unspecified atom stereocenters. The van der Waals surface area contributed by atoms with Crippen LogP contribution in [0, 0.1) is 0 Å². The Morgan fingerprint density at radius 1 is 1.20 bits per heavy atom. The molecule has 2 N–H and O–H groups in total. The van der Waals surface area contributed by atoms with Gasteiger partial charge in [-0.15, -0.1) is 0 Å². The normalized spacial score (nSPS) is 10.2. The summed E-state index contributed by atoms with van der Waals surface area (Å²) in [6.07, 6.45) is 0.893. The first-order chi connectivity index (χ1) is 9.63. The molecule has 104 valence electrons. The summed E-state index contributed by atoms with van der Waals surface area (Å²) in [6.45, 7) is 2.62. The maximum Gasteiger partial charge on any atom is 0.339 e. The van der Waals surface area contributed by atoms with Crippen LogP contribution in [0.4, 0.5) is 0 Å². The molecule has 20 heavy (non-hydrogen) atoms. The van der Waals surface area contributed by atoms with Crippen molar-refractivity contribution in [2.45, 2.75) is 13.3 Å². The highest BCUT2D eigenvalue weighted by Gasteiger charge is 2.13. The number of hydrogen-bond donors (Lipinski definition) is 2. The number of carboxylic acid groups (broad SMARTS) is 1. The van der Waals surface area contributed by atoms with E-state index in [1.54, 1.807) is 6.07 Å². The Bertz CT molecular complexity index is 620. The lowest BCUT2D eigenvalue weighted by atomic mass is 10.0. The number of ether oxygens (including phenoxy) is 1. The molecule has 0 atom stereocenters. The van der Waals surface area contributed by atoms with E-state index in [0.717, 1.165) is 12.0 Å². The zero-order valence-corrected chi connectivity index (χ0v) is 11.2. The Balaban J connectivity index is 2.46. The molecule has 0 aromatic heterocycles. The van der Waals surface area contributed by atoms with Crippen LogP contribution in [-0.4, -0.2) is 22.8 Å². The van der Waals surface area contributed by atoms with E-state index in [2.05, 4.69) is 0 Å². The highest BCUT2D eigenvalue weighted by molar-refractivity contribution is 5.92. The van der Waals surface area contributed by atoms with Crippen LogP contribution in [0.2, 0.25) is 0 Å². The molecule has 0 saturated heterocycles. The van der Waals surface area contributed by atoms with Gasteiger partial charge in [-0.2, -0.15) is 0 Å². The third-order valence-corrected chi connectivity index (χ3v) is 2.89. The molecule has 0 bridgehead atoms. The van der Waals surface area contributed by atoms with E-state index < -0.39 is 5.97 Å². The van der Waals surface area contributed by atoms with Crippen LogP contribution < -0.4 is 4.74 Å². The largest absolute Gasteiger partial charge is 0.507 e. The minimum absolute atomic E-state index is 0.118. The van der Waals surface area contributed by atoms with Gasteiger partial charge in [-0.1, -0.05) is 31.2 Å². The smallest absolute Gasteiger partial charge is 0.339 e. The fourth-order valence-corrected chi connectivity index (χ4v) is 1.92. The van der Waals surface area contributed by atoms with Gasteiger partial charge in [-0.05, 0) is 30.2 Å². The van der Waals surface area contributed by atoms with Gasteiger partial charge in [-0.3, -0.25) is 0 Å². The quantitative estimate of drug-likeness (QED) is 0.873. The molecule has 0 aliphatic rings. The van der Waals surface area contributed by atoms with E-state index in [0.29, 0.717) is 17.9 Å². The molecule has 0 aliphatic heterocycles. The molecule has 0 heterocycles. The second-order valence-electron chi connectivity index (χ2n) is 4.38. The van der Waals surface area contributed by atoms with Crippen molar-refractivity contribution >= 4 is 5.97 Å². The van der Waals surface area contributed by atoms with Gasteiger partial charge in [0.15, 0.2) is 0 Å². The number of rotatable bonds is 5. The molecular formula is C16H16O4. The minimum atomic E-state index is -1.16. The van der Waals surface area contributed by atoms with Gasteiger partial charge in [0.2, 0.25) is 0 Å². The molecule has 0 spiro atoms. The molecule has 2 aromatic carbocycles. The first-order valence-corrected chi connectivity index (χ1v) is 6.42. The summed E-state index contributed by atoms with van der Waals surface area (Å²) < 4.78 is 5.66. The van der Waals surface area contributed by atoms with Crippen LogP contribution in [0.25, 0.3) is 11.1 Å². The highest BCUT2D eigenvalue weighted by atomic mass is 16.5. The van der Waals surface area contributed by atoms with Crippen LogP contribution in [-0.2, 0) is 0 Å². The van der Waals surface area contributed by atoms with Gasteiger partial charge in [0.25, 0.3) is 0 Å². The Morgan fingerprint density at radius 2 is 1.95 bits per heavy atom. The van der Waals surface area contributed by atoms with E-state index in [1.165, 1.54) is 12.1 Å². The second kappa shape index (κ2) is 6.10. The first kappa shape index (κ1) is 13.9. The molecule has 2 rings (SSSR count). The number of aromatic carboxylic acids is 1. The van der Waals surface area contributed by atoms with E-state index in [4.69, 9.17) is 9.84 Å². The SMILES string of the molecule is CCCOc1ccccc1-c1ccc(O)c(C(=O)O)c1. The summed E-state index contributed by atoms with van der Waals surface area (Å²) in [5.41, 5.74) is 1.39. The Kier molecular flexibility index (Phi) is 4.25. The van der Waals surface area contributed by atoms with Crippen LogP contribution in [0.5, 0.6) is 11.5 Å². The summed E-state index contributed by atoms with van der Waals surface area (Å²) in [5, 5.41) is 18.6. The van der Waals surface area contributed by atoms with Crippen molar-refractivity contribution in [1.82, 2.24) is 0 Å². The molecule has 2 aromatic rings. The molecule has 4 heteroatoms. The van der Waals surface area contributed by atoms with Crippen molar-refractivity contribution in [2.75, 3.05) is 6.61 Å². The average Bonchev–Trinajstić information content (AvgIpc) is 2.46. The Morgan fingerprint density at radius 3 is 2.65 bits per heavy atom. The van der Waals surface area contributed by atoms with Crippen molar-refractivity contribution < 1.29 is 19.7 Å². The van der Waals surface area contributed by atoms with Crippen molar-refractivity contribution in [3.8, 4) is 22.6 Å². The predicted molar refractivity (Wildman–Crippen MR) is 76.3 cm³/mol.